The predicted octanol–water partition coefficient (Wildman–Crippen LogP) is 2.83. The predicted molar refractivity (Wildman–Crippen MR) is 113 cm³/mol. The van der Waals surface area contributed by atoms with Crippen molar-refractivity contribution in [3.8, 4) is 0 Å². The molecule has 160 valence electrons. The Bertz CT molecular complexity index is 870. The fourth-order valence-corrected chi connectivity index (χ4v) is 3.43. The summed E-state index contributed by atoms with van der Waals surface area (Å²) in [6.45, 7) is 5.95. The van der Waals surface area contributed by atoms with Gasteiger partial charge in [0.15, 0.2) is 0 Å². The molecular formula is C20H22BrN3O6. The van der Waals surface area contributed by atoms with Gasteiger partial charge in [-0.3, -0.25) is 19.9 Å². The second-order valence-electron chi connectivity index (χ2n) is 6.72. The van der Waals surface area contributed by atoms with Gasteiger partial charge in [-0.15, -0.1) is 0 Å². The number of nitro benzene ring substituents is 1. The molecule has 2 aromatic rings. The van der Waals surface area contributed by atoms with Crippen molar-refractivity contribution in [1.82, 2.24) is 9.80 Å². The van der Waals surface area contributed by atoms with E-state index in [9.17, 15) is 10.1 Å². The zero-order valence-electron chi connectivity index (χ0n) is 16.1. The molecule has 0 saturated carbocycles. The van der Waals surface area contributed by atoms with Gasteiger partial charge in [0.1, 0.15) is 0 Å². The molecule has 0 aliphatic carbocycles. The van der Waals surface area contributed by atoms with E-state index in [2.05, 4.69) is 43.9 Å². The summed E-state index contributed by atoms with van der Waals surface area (Å²) in [6.07, 6.45) is 0. The van der Waals surface area contributed by atoms with E-state index >= 15 is 0 Å². The SMILES string of the molecule is O=C(O)C(=O)O.O=[N+]([O-])c1ccc(CN2CCN(Cc3cccc(Br)c3)CC2)cc1. The van der Waals surface area contributed by atoms with Crippen LogP contribution in [0.4, 0.5) is 5.69 Å². The number of nitrogens with zero attached hydrogens (tertiary/aromatic N) is 3. The van der Waals surface area contributed by atoms with Gasteiger partial charge in [0.05, 0.1) is 4.92 Å². The average molecular weight is 480 g/mol. The van der Waals surface area contributed by atoms with Crippen LogP contribution in [0, 0.1) is 10.1 Å². The fourth-order valence-electron chi connectivity index (χ4n) is 2.98. The Balaban J connectivity index is 0.000000469. The molecular weight excluding hydrogens is 458 g/mol. The summed E-state index contributed by atoms with van der Waals surface area (Å²) in [5.41, 5.74) is 2.60. The smallest absolute Gasteiger partial charge is 0.414 e. The van der Waals surface area contributed by atoms with E-state index in [4.69, 9.17) is 19.8 Å². The van der Waals surface area contributed by atoms with Crippen molar-refractivity contribution in [2.45, 2.75) is 13.1 Å². The van der Waals surface area contributed by atoms with Crippen LogP contribution in [0.25, 0.3) is 0 Å². The van der Waals surface area contributed by atoms with Gasteiger partial charge in [-0.25, -0.2) is 9.59 Å². The highest BCUT2D eigenvalue weighted by atomic mass is 79.9. The molecule has 0 radical (unpaired) electrons. The van der Waals surface area contributed by atoms with Crippen molar-refractivity contribution in [3.05, 3.63) is 74.2 Å². The molecule has 0 spiro atoms. The number of halogens is 1. The maximum Gasteiger partial charge on any atom is 0.414 e. The Morgan fingerprint density at radius 3 is 1.83 bits per heavy atom. The molecule has 1 fully saturated rings. The van der Waals surface area contributed by atoms with Gasteiger partial charge in [-0.05, 0) is 23.3 Å². The first-order valence-corrected chi connectivity index (χ1v) is 9.92. The first-order valence-electron chi connectivity index (χ1n) is 9.13. The minimum atomic E-state index is -1.82. The van der Waals surface area contributed by atoms with Crippen LogP contribution < -0.4 is 0 Å². The lowest BCUT2D eigenvalue weighted by Crippen LogP contribution is -2.45. The Morgan fingerprint density at radius 2 is 1.40 bits per heavy atom. The lowest BCUT2D eigenvalue weighted by Gasteiger charge is -2.34. The van der Waals surface area contributed by atoms with Gasteiger partial charge in [0.25, 0.3) is 5.69 Å². The highest BCUT2D eigenvalue weighted by Crippen LogP contribution is 2.17. The molecule has 30 heavy (non-hydrogen) atoms. The maximum absolute atomic E-state index is 10.7. The van der Waals surface area contributed by atoms with Crippen LogP contribution in [0.15, 0.2) is 53.0 Å². The summed E-state index contributed by atoms with van der Waals surface area (Å²) in [4.78, 5) is 33.4. The largest absolute Gasteiger partial charge is 0.473 e. The molecule has 0 amide bonds. The van der Waals surface area contributed by atoms with Crippen LogP contribution in [-0.4, -0.2) is 63.1 Å². The number of piperazine rings is 1. The number of hydrogen-bond acceptors (Lipinski definition) is 6. The van der Waals surface area contributed by atoms with Crippen LogP contribution in [0.3, 0.4) is 0 Å². The third-order valence-electron chi connectivity index (χ3n) is 4.50. The van der Waals surface area contributed by atoms with Gasteiger partial charge in [0.2, 0.25) is 0 Å². The van der Waals surface area contributed by atoms with Crippen molar-refractivity contribution in [2.75, 3.05) is 26.2 Å². The Morgan fingerprint density at radius 1 is 0.900 bits per heavy atom. The molecule has 3 rings (SSSR count). The molecule has 0 atom stereocenters. The van der Waals surface area contributed by atoms with Crippen molar-refractivity contribution in [1.29, 1.82) is 0 Å². The van der Waals surface area contributed by atoms with Gasteiger partial charge >= 0.3 is 11.9 Å². The fraction of sp³-hybridized carbons (Fsp3) is 0.300. The molecule has 1 aliphatic heterocycles. The van der Waals surface area contributed by atoms with Gasteiger partial charge in [-0.2, -0.15) is 0 Å². The number of carbonyl (C=O) groups is 2. The summed E-state index contributed by atoms with van der Waals surface area (Å²) in [6, 6.07) is 15.3. The molecule has 2 N–H and O–H groups in total. The first kappa shape index (κ1) is 23.5. The van der Waals surface area contributed by atoms with E-state index in [1.807, 2.05) is 18.2 Å². The molecule has 10 heteroatoms. The molecule has 1 heterocycles. The maximum atomic E-state index is 10.7. The number of hydrogen-bond donors (Lipinski definition) is 2. The first-order chi connectivity index (χ1) is 14.2. The molecule has 0 bridgehead atoms. The van der Waals surface area contributed by atoms with Crippen molar-refractivity contribution in [3.63, 3.8) is 0 Å². The highest BCUT2D eigenvalue weighted by molar-refractivity contribution is 9.10. The number of rotatable bonds is 5. The third-order valence-corrected chi connectivity index (χ3v) is 4.99. The summed E-state index contributed by atoms with van der Waals surface area (Å²) in [5.74, 6) is -3.65. The second-order valence-corrected chi connectivity index (χ2v) is 7.63. The molecule has 0 aromatic heterocycles. The second kappa shape index (κ2) is 11.4. The van der Waals surface area contributed by atoms with E-state index in [0.717, 1.165) is 49.3 Å². The Labute approximate surface area is 181 Å². The number of carboxylic acids is 2. The van der Waals surface area contributed by atoms with Crippen LogP contribution in [0.1, 0.15) is 11.1 Å². The Kier molecular flexibility index (Phi) is 8.90. The lowest BCUT2D eigenvalue weighted by molar-refractivity contribution is -0.384. The standard InChI is InChI=1S/C18H20BrN3O2.C2H2O4/c19-17-3-1-2-16(12-17)14-21-10-8-20(9-11-21)13-15-4-6-18(7-5-15)22(23)24;3-1(4)2(5)6/h1-7,12H,8-11,13-14H2;(H,3,4)(H,5,6). The van der Waals surface area contributed by atoms with Gasteiger partial charge < -0.3 is 10.2 Å². The van der Waals surface area contributed by atoms with Crippen molar-refractivity contribution < 1.29 is 24.7 Å². The van der Waals surface area contributed by atoms with Gasteiger partial charge in [-0.1, -0.05) is 40.2 Å². The number of nitro groups is 1. The van der Waals surface area contributed by atoms with Crippen LogP contribution in [0.2, 0.25) is 0 Å². The van der Waals surface area contributed by atoms with E-state index in [0.29, 0.717) is 0 Å². The van der Waals surface area contributed by atoms with E-state index in [1.54, 1.807) is 12.1 Å². The summed E-state index contributed by atoms with van der Waals surface area (Å²) >= 11 is 3.52. The molecule has 9 nitrogen and oxygen atoms in total. The minimum absolute atomic E-state index is 0.151. The molecule has 1 aliphatic rings. The average Bonchev–Trinajstić information content (AvgIpc) is 2.70. The van der Waals surface area contributed by atoms with E-state index in [1.165, 1.54) is 5.56 Å². The zero-order valence-corrected chi connectivity index (χ0v) is 17.7. The summed E-state index contributed by atoms with van der Waals surface area (Å²) < 4.78 is 1.12. The summed E-state index contributed by atoms with van der Waals surface area (Å²) in [5, 5.41) is 25.5. The molecule has 1 saturated heterocycles. The monoisotopic (exact) mass is 479 g/mol. The topological polar surface area (TPSA) is 124 Å². The van der Waals surface area contributed by atoms with Crippen LogP contribution in [0.5, 0.6) is 0 Å². The van der Waals surface area contributed by atoms with Crippen LogP contribution in [-0.2, 0) is 22.7 Å². The number of aliphatic carboxylic acids is 2. The van der Waals surface area contributed by atoms with Crippen LogP contribution >= 0.6 is 15.9 Å². The molecule has 0 unspecified atom stereocenters. The Hall–Kier alpha value is -2.82. The zero-order chi connectivity index (χ0) is 22.1. The summed E-state index contributed by atoms with van der Waals surface area (Å²) in [7, 11) is 0. The van der Waals surface area contributed by atoms with Crippen molar-refractivity contribution in [2.24, 2.45) is 0 Å². The molecule has 2 aromatic carbocycles. The third kappa shape index (κ3) is 7.90. The van der Waals surface area contributed by atoms with Crippen molar-refractivity contribution >= 4 is 33.6 Å². The number of carboxylic acid groups (broad SMARTS) is 2. The number of non-ortho nitro benzene ring substituents is 1. The van der Waals surface area contributed by atoms with Gasteiger partial charge in [0, 0.05) is 55.9 Å². The number of benzene rings is 2. The lowest BCUT2D eigenvalue weighted by atomic mass is 10.1. The van der Waals surface area contributed by atoms with E-state index < -0.39 is 11.9 Å². The highest BCUT2D eigenvalue weighted by Gasteiger charge is 2.17. The normalized spacial score (nSPS) is 14.4. The quantitative estimate of drug-likeness (QED) is 0.381. The van der Waals surface area contributed by atoms with E-state index in [-0.39, 0.29) is 10.6 Å². The minimum Gasteiger partial charge on any atom is -0.473 e.